The average Bonchev–Trinajstić information content (AvgIpc) is 3.07. The van der Waals surface area contributed by atoms with Gasteiger partial charge in [-0.15, -0.1) is 0 Å². The highest BCUT2D eigenvalue weighted by Crippen LogP contribution is 2.35. The van der Waals surface area contributed by atoms with Crippen molar-refractivity contribution < 1.29 is 31.1 Å². The van der Waals surface area contributed by atoms with E-state index in [1.807, 2.05) is 0 Å². The number of ether oxygens (including phenoxy) is 1. The highest BCUT2D eigenvalue weighted by atomic mass is 32.2. The van der Waals surface area contributed by atoms with Crippen LogP contribution in [-0.2, 0) is 23.1 Å². The first kappa shape index (κ1) is 23.0. The van der Waals surface area contributed by atoms with Crippen LogP contribution in [0.4, 0.5) is 18.9 Å². The number of hydrogen-bond donors (Lipinski definition) is 1. The Kier molecular flexibility index (Phi) is 5.81. The Balaban J connectivity index is 1.68. The van der Waals surface area contributed by atoms with Crippen molar-refractivity contribution in [2.24, 2.45) is 7.05 Å². The molecule has 1 saturated heterocycles. The summed E-state index contributed by atoms with van der Waals surface area (Å²) in [6.45, 7) is 0. The molecular formula is C21H21F3N4O4S. The van der Waals surface area contributed by atoms with Gasteiger partial charge in [-0.1, -0.05) is 6.07 Å². The number of imidazole rings is 1. The van der Waals surface area contributed by atoms with Crippen LogP contribution in [0.3, 0.4) is 0 Å². The zero-order valence-corrected chi connectivity index (χ0v) is 18.6. The molecule has 0 radical (unpaired) electrons. The van der Waals surface area contributed by atoms with E-state index in [4.69, 9.17) is 4.74 Å². The number of aromatic nitrogens is 3. The summed E-state index contributed by atoms with van der Waals surface area (Å²) in [6.07, 6.45) is -3.42. The van der Waals surface area contributed by atoms with E-state index in [1.165, 1.54) is 13.2 Å². The average molecular weight is 482 g/mol. The van der Waals surface area contributed by atoms with Gasteiger partial charge in [-0.3, -0.25) is 4.79 Å². The maximum Gasteiger partial charge on any atom is 0.433 e. The smallest absolute Gasteiger partial charge is 0.433 e. The number of nitrogens with zero attached hydrogens (tertiary/aromatic N) is 3. The second kappa shape index (κ2) is 8.32. The van der Waals surface area contributed by atoms with Crippen LogP contribution < -0.4 is 10.1 Å². The third-order valence-electron chi connectivity index (χ3n) is 5.59. The minimum atomic E-state index is -4.68. The topological polar surface area (TPSA) is 103 Å². The van der Waals surface area contributed by atoms with Crippen molar-refractivity contribution in [2.75, 3.05) is 23.9 Å². The van der Waals surface area contributed by atoms with Crippen molar-refractivity contribution in [1.29, 1.82) is 0 Å². The molecule has 33 heavy (non-hydrogen) atoms. The number of sulfone groups is 1. The SMILES string of the molecule is COc1cc2nc(C3CCCS(=O)(=O)C3)n(C)c2cc1NC(=O)c1cccc(C(F)(F)F)n1. The van der Waals surface area contributed by atoms with E-state index in [0.29, 0.717) is 29.7 Å². The van der Waals surface area contributed by atoms with Gasteiger partial charge in [0, 0.05) is 19.0 Å². The number of carbonyl (C=O) groups excluding carboxylic acids is 1. The number of halogens is 3. The first-order valence-corrected chi connectivity index (χ1v) is 11.9. The molecule has 1 fully saturated rings. The lowest BCUT2D eigenvalue weighted by molar-refractivity contribution is -0.141. The molecule has 0 saturated carbocycles. The third kappa shape index (κ3) is 4.65. The molecule has 0 spiro atoms. The largest absolute Gasteiger partial charge is 0.494 e. The Morgan fingerprint density at radius 1 is 1.24 bits per heavy atom. The minimum Gasteiger partial charge on any atom is -0.494 e. The number of anilines is 1. The fourth-order valence-electron chi connectivity index (χ4n) is 4.00. The molecular weight excluding hydrogens is 461 g/mol. The van der Waals surface area contributed by atoms with Gasteiger partial charge in [0.2, 0.25) is 0 Å². The molecule has 4 rings (SSSR count). The molecule has 1 aliphatic heterocycles. The van der Waals surface area contributed by atoms with E-state index in [9.17, 15) is 26.4 Å². The van der Waals surface area contributed by atoms with Crippen LogP contribution in [-0.4, -0.2) is 47.5 Å². The highest BCUT2D eigenvalue weighted by molar-refractivity contribution is 7.91. The number of aryl methyl sites for hydroxylation is 1. The van der Waals surface area contributed by atoms with Crippen LogP contribution in [0.5, 0.6) is 5.75 Å². The summed E-state index contributed by atoms with van der Waals surface area (Å²) in [6, 6.07) is 6.25. The Bertz CT molecular complexity index is 1340. The molecule has 1 N–H and O–H groups in total. The normalized spacial score (nSPS) is 18.3. The number of alkyl halides is 3. The third-order valence-corrected chi connectivity index (χ3v) is 7.41. The molecule has 1 unspecified atom stereocenters. The zero-order valence-electron chi connectivity index (χ0n) is 17.8. The molecule has 0 aliphatic carbocycles. The van der Waals surface area contributed by atoms with E-state index >= 15 is 0 Å². The lowest BCUT2D eigenvalue weighted by Crippen LogP contribution is -2.25. The Hall–Kier alpha value is -3.15. The fraction of sp³-hybridized carbons (Fsp3) is 0.381. The van der Waals surface area contributed by atoms with E-state index in [2.05, 4.69) is 15.3 Å². The van der Waals surface area contributed by atoms with E-state index in [0.717, 1.165) is 12.1 Å². The van der Waals surface area contributed by atoms with Crippen molar-refractivity contribution in [3.8, 4) is 5.75 Å². The Morgan fingerprint density at radius 3 is 2.67 bits per heavy atom. The van der Waals surface area contributed by atoms with Crippen molar-refractivity contribution in [3.05, 3.63) is 47.5 Å². The number of carbonyl (C=O) groups is 1. The van der Waals surface area contributed by atoms with Crippen LogP contribution in [0.15, 0.2) is 30.3 Å². The highest BCUT2D eigenvalue weighted by Gasteiger charge is 2.33. The zero-order chi connectivity index (χ0) is 24.0. The number of pyridine rings is 1. The van der Waals surface area contributed by atoms with Gasteiger partial charge in [-0.2, -0.15) is 13.2 Å². The summed E-state index contributed by atoms with van der Waals surface area (Å²) in [7, 11) is -0.00379. The van der Waals surface area contributed by atoms with Gasteiger partial charge < -0.3 is 14.6 Å². The number of hydrogen-bond acceptors (Lipinski definition) is 6. The molecule has 176 valence electrons. The second-order valence-corrected chi connectivity index (χ2v) is 10.1. The van der Waals surface area contributed by atoms with Gasteiger partial charge >= 0.3 is 6.18 Å². The number of methoxy groups -OCH3 is 1. The van der Waals surface area contributed by atoms with E-state index in [-0.39, 0.29) is 28.9 Å². The van der Waals surface area contributed by atoms with Crippen LogP contribution >= 0.6 is 0 Å². The summed E-state index contributed by atoms with van der Waals surface area (Å²) in [5.74, 6) is -0.0336. The number of amides is 1. The minimum absolute atomic E-state index is 0.0199. The Morgan fingerprint density at radius 2 is 2.00 bits per heavy atom. The van der Waals surface area contributed by atoms with E-state index in [1.54, 1.807) is 23.7 Å². The van der Waals surface area contributed by atoms with Gasteiger partial charge in [-0.05, 0) is 31.0 Å². The molecule has 2 aromatic heterocycles. The van der Waals surface area contributed by atoms with Crippen LogP contribution in [0.1, 0.15) is 40.8 Å². The second-order valence-electron chi connectivity index (χ2n) is 7.88. The summed E-state index contributed by atoms with van der Waals surface area (Å²) in [4.78, 5) is 20.6. The summed E-state index contributed by atoms with van der Waals surface area (Å²) >= 11 is 0. The molecule has 8 nitrogen and oxygen atoms in total. The summed E-state index contributed by atoms with van der Waals surface area (Å²) in [5, 5.41) is 2.55. The van der Waals surface area contributed by atoms with Gasteiger partial charge in [0.15, 0.2) is 9.84 Å². The van der Waals surface area contributed by atoms with Crippen molar-refractivity contribution in [2.45, 2.75) is 24.9 Å². The van der Waals surface area contributed by atoms with Crippen molar-refractivity contribution >= 4 is 32.5 Å². The standard InChI is InChI=1S/C21H21F3N4O4S/c1-28-16-9-15(27-20(29)13-6-3-7-18(25-13)21(22,23)24)17(32-2)10-14(16)26-19(28)12-5-4-8-33(30,31)11-12/h3,6-7,9-10,12H,4-5,8,11H2,1-2H3,(H,27,29). The maximum absolute atomic E-state index is 12.9. The molecule has 3 aromatic rings. The quantitative estimate of drug-likeness (QED) is 0.610. The van der Waals surface area contributed by atoms with Gasteiger partial charge in [0.25, 0.3) is 5.91 Å². The van der Waals surface area contributed by atoms with Gasteiger partial charge in [0.1, 0.15) is 23.0 Å². The molecule has 0 bridgehead atoms. The number of benzene rings is 1. The molecule has 1 aliphatic rings. The number of fused-ring (bicyclic) bond motifs is 1. The lowest BCUT2D eigenvalue weighted by atomic mass is 10.1. The predicted molar refractivity (Wildman–Crippen MR) is 115 cm³/mol. The van der Waals surface area contributed by atoms with Crippen LogP contribution in [0.25, 0.3) is 11.0 Å². The molecule has 12 heteroatoms. The molecule has 3 heterocycles. The number of nitrogens with one attached hydrogen (secondary N) is 1. The van der Waals surface area contributed by atoms with E-state index < -0.39 is 33.3 Å². The molecule has 1 amide bonds. The first-order chi connectivity index (χ1) is 15.5. The summed E-state index contributed by atoms with van der Waals surface area (Å²) < 4.78 is 70.1. The Labute approximate surface area is 187 Å². The maximum atomic E-state index is 12.9. The fourth-order valence-corrected chi connectivity index (χ4v) is 5.70. The lowest BCUT2D eigenvalue weighted by Gasteiger charge is -2.21. The predicted octanol–water partition coefficient (Wildman–Crippen LogP) is 3.54. The monoisotopic (exact) mass is 482 g/mol. The van der Waals surface area contributed by atoms with Crippen molar-refractivity contribution in [3.63, 3.8) is 0 Å². The van der Waals surface area contributed by atoms with Crippen molar-refractivity contribution in [1.82, 2.24) is 14.5 Å². The molecule has 1 atom stereocenters. The van der Waals surface area contributed by atoms with Gasteiger partial charge in [-0.25, -0.2) is 18.4 Å². The molecule has 1 aromatic carbocycles. The van der Waals surface area contributed by atoms with Gasteiger partial charge in [0.05, 0.1) is 35.3 Å². The first-order valence-electron chi connectivity index (χ1n) is 10.1. The van der Waals surface area contributed by atoms with Crippen LogP contribution in [0, 0.1) is 0 Å². The van der Waals surface area contributed by atoms with Crippen LogP contribution in [0.2, 0.25) is 0 Å². The number of rotatable bonds is 4. The summed E-state index contributed by atoms with van der Waals surface area (Å²) in [5.41, 5.74) is -0.190.